The second-order valence-electron chi connectivity index (χ2n) is 7.10. The molecule has 0 radical (unpaired) electrons. The van der Waals surface area contributed by atoms with Crippen molar-refractivity contribution in [3.05, 3.63) is 53.9 Å². The van der Waals surface area contributed by atoms with Gasteiger partial charge in [0, 0.05) is 40.5 Å². The summed E-state index contributed by atoms with van der Waals surface area (Å²) in [4.78, 5) is 14.2. The summed E-state index contributed by atoms with van der Waals surface area (Å²) < 4.78 is 16.8. The quantitative estimate of drug-likeness (QED) is 0.515. The molecule has 0 aliphatic carbocycles. The molecule has 27 heavy (non-hydrogen) atoms. The number of fused-ring (bicyclic) bond motifs is 3. The van der Waals surface area contributed by atoms with Gasteiger partial charge in [0.15, 0.2) is 5.78 Å². The lowest BCUT2D eigenvalue weighted by atomic mass is 10.0. The van der Waals surface area contributed by atoms with E-state index in [-0.39, 0.29) is 11.6 Å². The molecule has 2 aromatic carbocycles. The van der Waals surface area contributed by atoms with Crippen LogP contribution in [0, 0.1) is 5.82 Å². The molecule has 3 aromatic rings. The molecule has 0 aliphatic rings. The van der Waals surface area contributed by atoms with Gasteiger partial charge in [-0.3, -0.25) is 4.79 Å². The average molecular weight is 366 g/mol. The van der Waals surface area contributed by atoms with Crippen molar-refractivity contribution >= 4 is 33.2 Å². The third kappa shape index (κ3) is 3.54. The average Bonchev–Trinajstić information content (AvgIpc) is 2.93. The van der Waals surface area contributed by atoms with E-state index in [1.54, 1.807) is 13.0 Å². The van der Waals surface area contributed by atoms with E-state index in [2.05, 4.69) is 29.9 Å². The van der Waals surface area contributed by atoms with Gasteiger partial charge in [-0.25, -0.2) is 4.39 Å². The molecule has 0 N–H and O–H groups in total. The fourth-order valence-electron chi connectivity index (χ4n) is 3.69. The van der Waals surface area contributed by atoms with E-state index in [1.807, 2.05) is 31.2 Å². The number of aromatic nitrogens is 1. The minimum absolute atomic E-state index is 0.0307. The number of benzene rings is 2. The van der Waals surface area contributed by atoms with Gasteiger partial charge in [-0.2, -0.15) is 0 Å². The molecule has 0 saturated heterocycles. The monoisotopic (exact) mass is 366 g/mol. The van der Waals surface area contributed by atoms with Crippen molar-refractivity contribution < 1.29 is 9.18 Å². The first-order valence-electron chi connectivity index (χ1n) is 9.52. The number of ketones is 1. The molecule has 3 rings (SSSR count). The van der Waals surface area contributed by atoms with Crippen LogP contribution >= 0.6 is 0 Å². The van der Waals surface area contributed by atoms with E-state index >= 15 is 0 Å². The Morgan fingerprint density at radius 3 is 2.33 bits per heavy atom. The molecule has 0 saturated carbocycles. The van der Waals surface area contributed by atoms with E-state index in [9.17, 15) is 9.18 Å². The predicted molar refractivity (Wildman–Crippen MR) is 112 cm³/mol. The largest absolute Gasteiger partial charge is 0.339 e. The fourth-order valence-corrected chi connectivity index (χ4v) is 3.69. The third-order valence-electron chi connectivity index (χ3n) is 5.35. The first-order chi connectivity index (χ1) is 12.9. The number of carbonyl (C=O) groups is 1. The van der Waals surface area contributed by atoms with Gasteiger partial charge in [-0.05, 0) is 62.8 Å². The molecule has 0 amide bonds. The van der Waals surface area contributed by atoms with Crippen molar-refractivity contribution in [1.29, 1.82) is 0 Å². The maximum atomic E-state index is 14.7. The number of carbonyl (C=O) groups excluding carboxylic acids is 1. The number of rotatable bonds is 7. The zero-order valence-electron chi connectivity index (χ0n) is 16.6. The summed E-state index contributed by atoms with van der Waals surface area (Å²) in [6, 6.07) is 9.23. The molecule has 1 heterocycles. The summed E-state index contributed by atoms with van der Waals surface area (Å²) in [5, 5.41) is 1.95. The van der Waals surface area contributed by atoms with E-state index < -0.39 is 0 Å². The van der Waals surface area contributed by atoms with Crippen LogP contribution < -0.4 is 0 Å². The molecule has 0 spiro atoms. The van der Waals surface area contributed by atoms with Crippen LogP contribution in [-0.2, 0) is 6.54 Å². The highest BCUT2D eigenvalue weighted by atomic mass is 19.1. The number of hydrogen-bond donors (Lipinski definition) is 0. The van der Waals surface area contributed by atoms with Crippen LogP contribution in [0.15, 0.2) is 36.9 Å². The summed E-state index contributed by atoms with van der Waals surface area (Å²) in [5.41, 5.74) is 3.78. The molecule has 1 aromatic heterocycles. The van der Waals surface area contributed by atoms with E-state index in [0.717, 1.165) is 48.0 Å². The van der Waals surface area contributed by atoms with Gasteiger partial charge in [0.25, 0.3) is 0 Å². The molecule has 0 bridgehead atoms. The number of likely N-dealkylation sites (N-methyl/N-ethyl adjacent to an activating group) is 1. The number of hydrogen-bond acceptors (Lipinski definition) is 2. The Bertz CT molecular complexity index is 1030. The minimum atomic E-state index is -0.256. The van der Waals surface area contributed by atoms with Gasteiger partial charge in [-0.1, -0.05) is 20.4 Å². The molecule has 0 atom stereocenters. The topological polar surface area (TPSA) is 25.2 Å². The lowest BCUT2D eigenvalue weighted by molar-refractivity contribution is 0.101. The Kier molecular flexibility index (Phi) is 5.47. The van der Waals surface area contributed by atoms with Gasteiger partial charge < -0.3 is 9.47 Å². The van der Waals surface area contributed by atoms with Gasteiger partial charge >= 0.3 is 0 Å². The zero-order chi connectivity index (χ0) is 19.7. The lowest BCUT2D eigenvalue weighted by Gasteiger charge is -2.19. The van der Waals surface area contributed by atoms with Crippen LogP contribution in [0.25, 0.3) is 27.4 Å². The Morgan fingerprint density at radius 2 is 1.74 bits per heavy atom. The number of Topliss-reactive ketones (excluding diaryl/α,β-unsaturated/α-hetero) is 1. The van der Waals surface area contributed by atoms with Crippen molar-refractivity contribution in [2.75, 3.05) is 19.6 Å². The first kappa shape index (κ1) is 19.3. The van der Waals surface area contributed by atoms with E-state index in [0.29, 0.717) is 16.7 Å². The highest BCUT2D eigenvalue weighted by Crippen LogP contribution is 2.33. The second kappa shape index (κ2) is 7.65. The number of halogens is 1. The number of allylic oxidation sites excluding steroid dienone is 1. The summed E-state index contributed by atoms with van der Waals surface area (Å²) in [6.07, 6.45) is 0. The molecular weight excluding hydrogens is 339 g/mol. The second-order valence-corrected chi connectivity index (χ2v) is 7.10. The van der Waals surface area contributed by atoms with Crippen molar-refractivity contribution in [2.24, 2.45) is 0 Å². The van der Waals surface area contributed by atoms with Crippen molar-refractivity contribution in [1.82, 2.24) is 9.47 Å². The summed E-state index contributed by atoms with van der Waals surface area (Å²) in [7, 11) is 0. The third-order valence-corrected chi connectivity index (χ3v) is 5.35. The SMILES string of the molecule is C=C(C)c1cc2c3cc(C(C)=O)ccc3n(CCN(CC)CC)c2cc1F. The Labute approximate surface area is 160 Å². The summed E-state index contributed by atoms with van der Waals surface area (Å²) >= 11 is 0. The molecule has 0 aliphatic heterocycles. The van der Waals surface area contributed by atoms with Gasteiger partial charge in [0.05, 0.1) is 5.52 Å². The van der Waals surface area contributed by atoms with Crippen LogP contribution in [0.5, 0.6) is 0 Å². The highest BCUT2D eigenvalue weighted by Gasteiger charge is 2.16. The van der Waals surface area contributed by atoms with Crippen molar-refractivity contribution in [2.45, 2.75) is 34.2 Å². The van der Waals surface area contributed by atoms with Crippen LogP contribution in [0.1, 0.15) is 43.6 Å². The molecule has 0 fully saturated rings. The van der Waals surface area contributed by atoms with Crippen LogP contribution in [0.2, 0.25) is 0 Å². The van der Waals surface area contributed by atoms with Gasteiger partial charge in [-0.15, -0.1) is 0 Å². The molecular formula is C23H27FN2O. The predicted octanol–water partition coefficient (Wildman–Crippen LogP) is 5.51. The molecule has 4 heteroatoms. The Balaban J connectivity index is 2.26. The van der Waals surface area contributed by atoms with Crippen LogP contribution in [-0.4, -0.2) is 34.9 Å². The van der Waals surface area contributed by atoms with Gasteiger partial charge in [0.1, 0.15) is 5.82 Å². The van der Waals surface area contributed by atoms with E-state index in [4.69, 9.17) is 0 Å². The standard InChI is InChI=1S/C23H27FN2O/c1-6-25(7-2)10-11-26-22-9-8-17(16(5)27)12-19(22)20-13-18(15(3)4)21(24)14-23(20)26/h8-9,12-14H,3,6-7,10-11H2,1-2,4-5H3. The van der Waals surface area contributed by atoms with Crippen molar-refractivity contribution in [3.8, 4) is 0 Å². The fraction of sp³-hybridized carbons (Fsp3) is 0.348. The Morgan fingerprint density at radius 1 is 1.07 bits per heavy atom. The van der Waals surface area contributed by atoms with Crippen LogP contribution in [0.3, 0.4) is 0 Å². The summed E-state index contributed by atoms with van der Waals surface area (Å²) in [6.45, 7) is 15.2. The minimum Gasteiger partial charge on any atom is -0.339 e. The Hall–Kier alpha value is -2.46. The normalized spacial score (nSPS) is 11.6. The zero-order valence-corrected chi connectivity index (χ0v) is 16.6. The molecule has 0 unspecified atom stereocenters. The molecule has 142 valence electrons. The van der Waals surface area contributed by atoms with E-state index in [1.165, 1.54) is 0 Å². The molecule has 3 nitrogen and oxygen atoms in total. The summed E-state index contributed by atoms with van der Waals surface area (Å²) in [5.74, 6) is -0.225. The van der Waals surface area contributed by atoms with Crippen molar-refractivity contribution in [3.63, 3.8) is 0 Å². The lowest BCUT2D eigenvalue weighted by Crippen LogP contribution is -2.26. The highest BCUT2D eigenvalue weighted by molar-refractivity contribution is 6.11. The smallest absolute Gasteiger partial charge is 0.159 e. The maximum Gasteiger partial charge on any atom is 0.159 e. The van der Waals surface area contributed by atoms with Gasteiger partial charge in [0.2, 0.25) is 0 Å². The van der Waals surface area contributed by atoms with Crippen LogP contribution in [0.4, 0.5) is 4.39 Å². The number of nitrogens with zero attached hydrogens (tertiary/aromatic N) is 2. The maximum absolute atomic E-state index is 14.7. The first-order valence-corrected chi connectivity index (χ1v) is 9.52.